The van der Waals surface area contributed by atoms with Gasteiger partial charge in [-0.25, -0.2) is 4.79 Å². The molecule has 0 radical (unpaired) electrons. The molecule has 0 spiro atoms. The molecule has 0 aromatic carbocycles. The van der Waals surface area contributed by atoms with Crippen molar-refractivity contribution < 1.29 is 28.6 Å². The Morgan fingerprint density at radius 3 is 2.74 bits per heavy atom. The van der Waals surface area contributed by atoms with E-state index in [-0.39, 0.29) is 32.4 Å². The van der Waals surface area contributed by atoms with E-state index in [1.807, 2.05) is 0 Å². The molecule has 1 fully saturated rings. The van der Waals surface area contributed by atoms with Crippen LogP contribution in [0, 0.1) is 10.8 Å². The molecule has 1 aliphatic rings. The first-order valence-electron chi connectivity index (χ1n) is 8.73. The first kappa shape index (κ1) is 20.2. The molecule has 1 saturated heterocycles. The van der Waals surface area contributed by atoms with Crippen LogP contribution in [0.1, 0.15) is 38.7 Å². The average molecular weight is 376 g/mol. The van der Waals surface area contributed by atoms with Crippen LogP contribution in [-0.2, 0) is 25.5 Å². The van der Waals surface area contributed by atoms with Crippen molar-refractivity contribution in [1.82, 2.24) is 4.90 Å². The van der Waals surface area contributed by atoms with Gasteiger partial charge in [0.1, 0.15) is 5.41 Å². The first-order chi connectivity index (χ1) is 12.9. The molecule has 0 aliphatic carbocycles. The highest BCUT2D eigenvalue weighted by atomic mass is 16.5. The van der Waals surface area contributed by atoms with E-state index in [1.165, 1.54) is 12.5 Å². The number of likely N-dealkylation sites (tertiary alicyclic amines) is 1. The van der Waals surface area contributed by atoms with E-state index in [0.717, 1.165) is 4.90 Å². The van der Waals surface area contributed by atoms with Crippen molar-refractivity contribution in [2.75, 3.05) is 13.2 Å². The Labute approximate surface area is 156 Å². The SMILES string of the molecule is CCOC(=O)/C([N+]#N)=C(\O)C1(CC)CCCN(C(=O)Cc2ccoc2)C1=O. The minimum atomic E-state index is -1.53. The Bertz CT molecular complexity index is 793. The fourth-order valence-electron chi connectivity index (χ4n) is 3.23. The number of amides is 2. The number of aliphatic hydroxyl groups is 1. The summed E-state index contributed by atoms with van der Waals surface area (Å²) in [6.07, 6.45) is 3.58. The van der Waals surface area contributed by atoms with E-state index in [2.05, 4.69) is 4.98 Å². The summed E-state index contributed by atoms with van der Waals surface area (Å²) in [5, 5.41) is 19.8. The van der Waals surface area contributed by atoms with Gasteiger partial charge in [0, 0.05) is 6.54 Å². The molecule has 1 aliphatic heterocycles. The van der Waals surface area contributed by atoms with E-state index in [9.17, 15) is 24.9 Å². The van der Waals surface area contributed by atoms with Crippen LogP contribution in [0.15, 0.2) is 34.5 Å². The van der Waals surface area contributed by atoms with E-state index in [4.69, 9.17) is 9.15 Å². The van der Waals surface area contributed by atoms with Gasteiger partial charge in [-0.05, 0) is 37.8 Å². The summed E-state index contributed by atoms with van der Waals surface area (Å²) < 4.78 is 9.69. The van der Waals surface area contributed by atoms with Gasteiger partial charge in [-0.1, -0.05) is 6.92 Å². The van der Waals surface area contributed by atoms with Crippen molar-refractivity contribution in [3.05, 3.63) is 40.6 Å². The predicted octanol–water partition coefficient (Wildman–Crippen LogP) is 2.55. The van der Waals surface area contributed by atoms with Crippen LogP contribution in [-0.4, -0.2) is 40.9 Å². The van der Waals surface area contributed by atoms with Gasteiger partial charge in [-0.2, -0.15) is 0 Å². The highest BCUT2D eigenvalue weighted by Crippen LogP contribution is 2.42. The van der Waals surface area contributed by atoms with Crippen LogP contribution < -0.4 is 0 Å². The molecule has 0 bridgehead atoms. The van der Waals surface area contributed by atoms with Gasteiger partial charge < -0.3 is 14.3 Å². The molecule has 2 heterocycles. The van der Waals surface area contributed by atoms with E-state index in [1.54, 1.807) is 19.9 Å². The summed E-state index contributed by atoms with van der Waals surface area (Å²) in [5.41, 5.74) is -1.63. The zero-order valence-corrected chi connectivity index (χ0v) is 15.3. The predicted molar refractivity (Wildman–Crippen MR) is 92.5 cm³/mol. The van der Waals surface area contributed by atoms with Crippen LogP contribution in [0.3, 0.4) is 0 Å². The molecule has 1 aromatic heterocycles. The molecule has 9 nitrogen and oxygen atoms in total. The number of esters is 1. The molecule has 144 valence electrons. The number of furan rings is 1. The number of diazo groups is 1. The van der Waals surface area contributed by atoms with Crippen molar-refractivity contribution in [2.45, 2.75) is 39.5 Å². The molecule has 2 amide bonds. The monoisotopic (exact) mass is 376 g/mol. The molecular weight excluding hydrogens is 354 g/mol. The first-order valence-corrected chi connectivity index (χ1v) is 8.73. The summed E-state index contributed by atoms with van der Waals surface area (Å²) in [6, 6.07) is 1.63. The second-order valence-corrected chi connectivity index (χ2v) is 6.22. The zero-order chi connectivity index (χ0) is 20.0. The molecule has 9 heteroatoms. The van der Waals surface area contributed by atoms with Gasteiger partial charge in [0.05, 0.1) is 25.6 Å². The average Bonchev–Trinajstić information content (AvgIpc) is 3.15. The molecule has 2 rings (SSSR count). The third-order valence-electron chi connectivity index (χ3n) is 4.73. The zero-order valence-electron chi connectivity index (χ0n) is 15.3. The summed E-state index contributed by atoms with van der Waals surface area (Å²) in [4.78, 5) is 41.5. The van der Waals surface area contributed by atoms with Gasteiger partial charge in [-0.3, -0.25) is 14.5 Å². The molecular formula is C18H22N3O6+. The number of nitrogens with zero attached hydrogens (tertiary/aromatic N) is 3. The minimum absolute atomic E-state index is 0.00746. The summed E-state index contributed by atoms with van der Waals surface area (Å²) in [7, 11) is 0. The number of rotatable bonds is 6. The smallest absolute Gasteiger partial charge is 0.504 e. The normalized spacial score (nSPS) is 20.6. The Kier molecular flexibility index (Phi) is 6.34. The lowest BCUT2D eigenvalue weighted by Gasteiger charge is -2.38. The van der Waals surface area contributed by atoms with Crippen LogP contribution in [0.4, 0.5) is 0 Å². The lowest BCUT2D eigenvalue weighted by atomic mass is 9.74. The Hall–Kier alpha value is -3.15. The maximum absolute atomic E-state index is 13.1. The van der Waals surface area contributed by atoms with Crippen molar-refractivity contribution in [3.63, 3.8) is 0 Å². The number of aliphatic hydroxyl groups excluding tert-OH is 1. The molecule has 1 aromatic rings. The summed E-state index contributed by atoms with van der Waals surface area (Å²) in [5.74, 6) is -2.80. The second-order valence-electron chi connectivity index (χ2n) is 6.22. The van der Waals surface area contributed by atoms with Crippen molar-refractivity contribution in [2.24, 2.45) is 5.41 Å². The largest absolute Gasteiger partial charge is 0.506 e. The number of hydrogen-bond acceptors (Lipinski definition) is 7. The molecule has 27 heavy (non-hydrogen) atoms. The molecule has 0 saturated carbocycles. The van der Waals surface area contributed by atoms with Crippen molar-refractivity contribution in [1.29, 1.82) is 5.39 Å². The third-order valence-corrected chi connectivity index (χ3v) is 4.73. The van der Waals surface area contributed by atoms with Gasteiger partial charge in [0.2, 0.25) is 23.0 Å². The number of ether oxygens (including phenoxy) is 1. The third kappa shape index (κ3) is 3.84. The molecule has 1 atom stereocenters. The van der Waals surface area contributed by atoms with E-state index < -0.39 is 34.7 Å². The van der Waals surface area contributed by atoms with Crippen LogP contribution in [0.2, 0.25) is 0 Å². The topological polar surface area (TPSA) is 125 Å². The number of carbonyl (C=O) groups is 3. The summed E-state index contributed by atoms with van der Waals surface area (Å²) >= 11 is 0. The standard InChI is InChI=1S/C18H21N3O6/c1-3-18(15(23)14(20-19)16(24)27-4-2)7-5-8-21(17(18)25)13(22)10-12-6-9-26-11-12/h6,9,11H,3-5,7-8,10H2,1-2H3/p+1. The second kappa shape index (κ2) is 8.49. The minimum Gasteiger partial charge on any atom is -0.504 e. The molecule has 1 unspecified atom stereocenters. The fraction of sp³-hybridized carbons (Fsp3) is 0.500. The highest BCUT2D eigenvalue weighted by molar-refractivity contribution is 6.02. The number of imide groups is 1. The number of piperidine rings is 1. The highest BCUT2D eigenvalue weighted by Gasteiger charge is 2.53. The van der Waals surface area contributed by atoms with Gasteiger partial charge in [0.15, 0.2) is 4.98 Å². The van der Waals surface area contributed by atoms with Gasteiger partial charge in [-0.15, -0.1) is 0 Å². The van der Waals surface area contributed by atoms with Crippen LogP contribution >= 0.6 is 0 Å². The van der Waals surface area contributed by atoms with E-state index in [0.29, 0.717) is 12.0 Å². The van der Waals surface area contributed by atoms with Crippen LogP contribution in [0.5, 0.6) is 0 Å². The summed E-state index contributed by atoms with van der Waals surface area (Å²) in [6.45, 7) is 3.42. The Balaban J connectivity index is 2.37. The Morgan fingerprint density at radius 1 is 1.44 bits per heavy atom. The van der Waals surface area contributed by atoms with Crippen LogP contribution in [0.25, 0.3) is 4.98 Å². The molecule has 1 N–H and O–H groups in total. The van der Waals surface area contributed by atoms with Crippen molar-refractivity contribution >= 4 is 17.8 Å². The van der Waals surface area contributed by atoms with Crippen molar-refractivity contribution in [3.8, 4) is 0 Å². The van der Waals surface area contributed by atoms with Gasteiger partial charge in [0.25, 0.3) is 0 Å². The fourth-order valence-corrected chi connectivity index (χ4v) is 3.23. The quantitative estimate of drug-likeness (QED) is 0.350. The Morgan fingerprint density at radius 2 is 2.19 bits per heavy atom. The maximum Gasteiger partial charge on any atom is 0.506 e. The number of hydrogen-bond donors (Lipinski definition) is 1. The van der Waals surface area contributed by atoms with E-state index >= 15 is 0 Å². The van der Waals surface area contributed by atoms with Gasteiger partial charge >= 0.3 is 11.7 Å². The maximum atomic E-state index is 13.1. The lowest BCUT2D eigenvalue weighted by molar-refractivity contribution is -0.155. The number of carbonyl (C=O) groups excluding carboxylic acids is 3. The lowest BCUT2D eigenvalue weighted by Crippen LogP contribution is -2.52.